The van der Waals surface area contributed by atoms with Crippen molar-refractivity contribution in [2.24, 2.45) is 14.1 Å². The van der Waals surface area contributed by atoms with E-state index in [9.17, 15) is 0 Å². The number of rotatable bonds is 1. The molecule has 0 bridgehead atoms. The van der Waals surface area contributed by atoms with Crippen LogP contribution in [0, 0.1) is 6.92 Å². The average molecular weight is 278 g/mol. The van der Waals surface area contributed by atoms with E-state index in [1.807, 2.05) is 6.07 Å². The fraction of sp³-hybridized carbons (Fsp3) is 0.176. The van der Waals surface area contributed by atoms with Gasteiger partial charge in [-0.05, 0) is 30.7 Å². The van der Waals surface area contributed by atoms with E-state index in [4.69, 9.17) is 4.42 Å². The first kappa shape index (κ1) is 12.1. The second kappa shape index (κ2) is 4.19. The van der Waals surface area contributed by atoms with Gasteiger partial charge in [-0.1, -0.05) is 18.2 Å². The Bertz CT molecular complexity index is 939. The van der Waals surface area contributed by atoms with Crippen molar-refractivity contribution in [1.82, 2.24) is 9.55 Å². The number of imidazole rings is 1. The van der Waals surface area contributed by atoms with Crippen molar-refractivity contribution in [3.8, 4) is 11.4 Å². The largest absolute Gasteiger partial charge is 0.443 e. The number of hydrogen-bond acceptors (Lipinski definition) is 2. The summed E-state index contributed by atoms with van der Waals surface area (Å²) in [6.45, 7) is 2.11. The van der Waals surface area contributed by atoms with Gasteiger partial charge in [0.2, 0.25) is 0 Å². The van der Waals surface area contributed by atoms with Crippen molar-refractivity contribution >= 4 is 22.1 Å². The van der Waals surface area contributed by atoms with Gasteiger partial charge in [-0.25, -0.2) is 14.1 Å². The molecule has 0 saturated carbocycles. The zero-order valence-corrected chi connectivity index (χ0v) is 12.3. The van der Waals surface area contributed by atoms with Crippen LogP contribution in [-0.2, 0) is 14.1 Å². The van der Waals surface area contributed by atoms with Crippen LogP contribution in [0.15, 0.2) is 47.2 Å². The van der Waals surface area contributed by atoms with Crippen molar-refractivity contribution < 1.29 is 8.98 Å². The molecule has 0 N–H and O–H groups in total. The molecule has 2 aromatic carbocycles. The quantitative estimate of drug-likeness (QED) is 0.501. The molecule has 0 radical (unpaired) electrons. The fourth-order valence-corrected chi connectivity index (χ4v) is 3.13. The number of para-hydroxylation sites is 2. The summed E-state index contributed by atoms with van der Waals surface area (Å²) in [7, 11) is 4.19. The van der Waals surface area contributed by atoms with Crippen LogP contribution >= 0.6 is 0 Å². The Kier molecular flexibility index (Phi) is 2.42. The van der Waals surface area contributed by atoms with Gasteiger partial charge in [-0.15, -0.1) is 0 Å². The highest BCUT2D eigenvalue weighted by atomic mass is 16.3. The summed E-state index contributed by atoms with van der Waals surface area (Å²) < 4.78 is 9.89. The van der Waals surface area contributed by atoms with Crippen LogP contribution in [0.25, 0.3) is 33.5 Å². The minimum atomic E-state index is 0.820. The second-order valence-electron chi connectivity index (χ2n) is 5.39. The highest BCUT2D eigenvalue weighted by Crippen LogP contribution is 2.31. The van der Waals surface area contributed by atoms with Gasteiger partial charge in [0.05, 0.1) is 19.7 Å². The van der Waals surface area contributed by atoms with E-state index in [-0.39, 0.29) is 0 Å². The van der Waals surface area contributed by atoms with Crippen LogP contribution in [0.2, 0.25) is 0 Å². The highest BCUT2D eigenvalue weighted by Gasteiger charge is 2.25. The minimum Gasteiger partial charge on any atom is -0.443 e. The number of aryl methyl sites for hydroxylation is 3. The fourth-order valence-electron chi connectivity index (χ4n) is 3.13. The molecule has 2 aromatic heterocycles. The molecular formula is C17H16N3O+. The van der Waals surface area contributed by atoms with Crippen molar-refractivity contribution in [2.45, 2.75) is 6.92 Å². The molecule has 4 rings (SSSR count). The summed E-state index contributed by atoms with van der Waals surface area (Å²) in [6, 6.07) is 12.5. The van der Waals surface area contributed by atoms with Crippen molar-refractivity contribution in [3.63, 3.8) is 0 Å². The molecule has 104 valence electrons. The molecule has 0 aliphatic carbocycles. The molecule has 0 saturated heterocycles. The number of fused-ring (bicyclic) bond motifs is 2. The van der Waals surface area contributed by atoms with Gasteiger partial charge in [-0.3, -0.25) is 0 Å². The Labute approximate surface area is 122 Å². The first-order valence-electron chi connectivity index (χ1n) is 6.95. The molecule has 0 aliphatic rings. The molecular weight excluding hydrogens is 262 g/mol. The lowest BCUT2D eigenvalue weighted by Crippen LogP contribution is -2.30. The first-order chi connectivity index (χ1) is 10.2. The van der Waals surface area contributed by atoms with Gasteiger partial charge >= 0.3 is 0 Å². The summed E-state index contributed by atoms with van der Waals surface area (Å²) in [6.07, 6.45) is 1.51. The number of nitrogens with zero attached hydrogens (tertiary/aromatic N) is 3. The topological polar surface area (TPSA) is 34.8 Å². The Morgan fingerprint density at radius 1 is 1.14 bits per heavy atom. The van der Waals surface area contributed by atoms with E-state index in [0.717, 1.165) is 22.5 Å². The summed E-state index contributed by atoms with van der Waals surface area (Å²) >= 11 is 0. The normalized spacial score (nSPS) is 11.6. The standard InChI is InChI=1S/C17H16N3O/c1-11-8-9-14-16(18-10-21-14)15(11)17-19(2)12-6-4-5-7-13(12)20(17)3/h4-10H,1-3H3/q+1. The third-order valence-electron chi connectivity index (χ3n) is 4.17. The molecule has 0 amide bonds. The molecule has 4 nitrogen and oxygen atoms in total. The summed E-state index contributed by atoms with van der Waals surface area (Å²) in [5.41, 5.74) is 6.46. The Morgan fingerprint density at radius 3 is 2.76 bits per heavy atom. The highest BCUT2D eigenvalue weighted by molar-refractivity contribution is 5.91. The van der Waals surface area contributed by atoms with Crippen LogP contribution < -0.4 is 4.57 Å². The molecule has 0 unspecified atom stereocenters. The average Bonchev–Trinajstić information content (AvgIpc) is 3.06. The maximum Gasteiger partial charge on any atom is 0.292 e. The molecule has 0 fully saturated rings. The van der Waals surface area contributed by atoms with E-state index in [0.29, 0.717) is 0 Å². The van der Waals surface area contributed by atoms with Crippen LogP contribution in [0.5, 0.6) is 0 Å². The second-order valence-corrected chi connectivity index (χ2v) is 5.39. The molecule has 0 spiro atoms. The third-order valence-corrected chi connectivity index (χ3v) is 4.17. The number of oxazole rings is 1. The predicted molar refractivity (Wildman–Crippen MR) is 81.8 cm³/mol. The van der Waals surface area contributed by atoms with E-state index >= 15 is 0 Å². The Morgan fingerprint density at radius 2 is 1.95 bits per heavy atom. The Balaban J connectivity index is 2.19. The van der Waals surface area contributed by atoms with Gasteiger partial charge in [0.15, 0.2) is 23.0 Å². The SMILES string of the molecule is Cc1ccc2ocnc2c1-c1n(C)c2ccccc2[n+]1C. The Hall–Kier alpha value is -2.62. The van der Waals surface area contributed by atoms with E-state index in [1.54, 1.807) is 0 Å². The smallest absolute Gasteiger partial charge is 0.292 e. The number of benzene rings is 2. The van der Waals surface area contributed by atoms with E-state index < -0.39 is 0 Å². The molecule has 4 heteroatoms. The van der Waals surface area contributed by atoms with E-state index in [1.165, 1.54) is 23.0 Å². The van der Waals surface area contributed by atoms with Gasteiger partial charge in [0, 0.05) is 0 Å². The molecule has 2 heterocycles. The van der Waals surface area contributed by atoms with Gasteiger partial charge in [-0.2, -0.15) is 0 Å². The van der Waals surface area contributed by atoms with Crippen molar-refractivity contribution in [3.05, 3.63) is 48.4 Å². The zero-order valence-electron chi connectivity index (χ0n) is 12.3. The van der Waals surface area contributed by atoms with Crippen molar-refractivity contribution in [1.29, 1.82) is 0 Å². The number of aromatic nitrogens is 3. The lowest BCUT2D eigenvalue weighted by molar-refractivity contribution is -0.634. The lowest BCUT2D eigenvalue weighted by atomic mass is 10.1. The van der Waals surface area contributed by atoms with Gasteiger partial charge < -0.3 is 4.42 Å². The first-order valence-corrected chi connectivity index (χ1v) is 6.95. The maximum atomic E-state index is 5.46. The number of hydrogen-bond donors (Lipinski definition) is 0. The predicted octanol–water partition coefficient (Wildman–Crippen LogP) is 3.12. The molecule has 0 aliphatic heterocycles. The van der Waals surface area contributed by atoms with Gasteiger partial charge in [0.1, 0.15) is 5.52 Å². The summed E-state index contributed by atoms with van der Waals surface area (Å²) in [4.78, 5) is 4.41. The van der Waals surface area contributed by atoms with Crippen LogP contribution in [0.1, 0.15) is 5.56 Å². The van der Waals surface area contributed by atoms with Gasteiger partial charge in [0.25, 0.3) is 5.82 Å². The minimum absolute atomic E-state index is 0.820. The monoisotopic (exact) mass is 278 g/mol. The lowest BCUT2D eigenvalue weighted by Gasteiger charge is -2.04. The molecule has 4 aromatic rings. The van der Waals surface area contributed by atoms with Crippen LogP contribution in [-0.4, -0.2) is 9.55 Å². The molecule has 0 atom stereocenters. The zero-order chi connectivity index (χ0) is 14.6. The van der Waals surface area contributed by atoms with Crippen molar-refractivity contribution in [2.75, 3.05) is 0 Å². The van der Waals surface area contributed by atoms with Crippen LogP contribution in [0.4, 0.5) is 0 Å². The molecule has 21 heavy (non-hydrogen) atoms. The van der Waals surface area contributed by atoms with Crippen LogP contribution in [0.3, 0.4) is 0 Å². The van der Waals surface area contributed by atoms with E-state index in [2.05, 4.69) is 65.5 Å². The summed E-state index contributed by atoms with van der Waals surface area (Å²) in [5, 5.41) is 0. The maximum absolute atomic E-state index is 5.46. The summed E-state index contributed by atoms with van der Waals surface area (Å²) in [5.74, 6) is 1.13. The third kappa shape index (κ3) is 1.56.